The van der Waals surface area contributed by atoms with Gasteiger partial charge in [0.15, 0.2) is 8.32 Å². The van der Waals surface area contributed by atoms with Crippen LogP contribution in [0.4, 0.5) is 0 Å². The highest BCUT2D eigenvalue weighted by Gasteiger charge is 2.13. The van der Waals surface area contributed by atoms with Crippen LogP contribution in [-0.2, 0) is 11.0 Å². The van der Waals surface area contributed by atoms with Gasteiger partial charge in [0, 0.05) is 4.90 Å². The maximum Gasteiger partial charge on any atom is 0.184 e. The number of thioether (sulfide) groups is 1. The van der Waals surface area contributed by atoms with E-state index in [2.05, 4.69) is 50.8 Å². The molecule has 84 valence electrons. The van der Waals surface area contributed by atoms with Crippen molar-refractivity contribution in [2.75, 3.05) is 5.75 Å². The third-order valence-electron chi connectivity index (χ3n) is 1.91. The third-order valence-corrected chi connectivity index (χ3v) is 3.81. The molecule has 0 saturated heterocycles. The standard InChI is InChI=1S/C12H20OSSi/c1-5-14-12-8-6-11(7-9-12)10-13-15(2,3)4/h6-9H,5,10H2,1-4H3. The Kier molecular flexibility index (Phi) is 4.89. The van der Waals surface area contributed by atoms with E-state index in [0.29, 0.717) is 0 Å². The Morgan fingerprint density at radius 1 is 1.13 bits per heavy atom. The molecule has 0 bridgehead atoms. The minimum Gasteiger partial charge on any atom is -0.413 e. The lowest BCUT2D eigenvalue weighted by Crippen LogP contribution is -2.24. The normalized spacial score (nSPS) is 11.7. The van der Waals surface area contributed by atoms with Crippen LogP contribution in [0, 0.1) is 0 Å². The average Bonchev–Trinajstić information content (AvgIpc) is 2.16. The fraction of sp³-hybridized carbons (Fsp3) is 0.500. The lowest BCUT2D eigenvalue weighted by Gasteiger charge is -2.17. The summed E-state index contributed by atoms with van der Waals surface area (Å²) in [6.45, 7) is 9.58. The van der Waals surface area contributed by atoms with Crippen molar-refractivity contribution in [3.8, 4) is 0 Å². The molecule has 0 aliphatic carbocycles. The largest absolute Gasteiger partial charge is 0.413 e. The molecular formula is C12H20OSSi. The van der Waals surface area contributed by atoms with Crippen molar-refractivity contribution in [1.82, 2.24) is 0 Å². The predicted octanol–water partition coefficient (Wildman–Crippen LogP) is 4.15. The Balaban J connectivity index is 2.50. The summed E-state index contributed by atoms with van der Waals surface area (Å²) in [6, 6.07) is 8.68. The van der Waals surface area contributed by atoms with Gasteiger partial charge in [0.1, 0.15) is 0 Å². The summed E-state index contributed by atoms with van der Waals surface area (Å²) < 4.78 is 5.85. The number of benzene rings is 1. The van der Waals surface area contributed by atoms with Crippen LogP contribution in [0.5, 0.6) is 0 Å². The van der Waals surface area contributed by atoms with E-state index in [-0.39, 0.29) is 0 Å². The molecule has 0 atom stereocenters. The van der Waals surface area contributed by atoms with E-state index in [1.54, 1.807) is 0 Å². The Hall–Kier alpha value is -0.253. The zero-order valence-electron chi connectivity index (χ0n) is 10.0. The minimum atomic E-state index is -1.37. The topological polar surface area (TPSA) is 9.23 Å². The van der Waals surface area contributed by atoms with Crippen LogP contribution >= 0.6 is 11.8 Å². The lowest BCUT2D eigenvalue weighted by atomic mass is 10.2. The molecular weight excluding hydrogens is 220 g/mol. The maximum absolute atomic E-state index is 5.85. The van der Waals surface area contributed by atoms with E-state index in [4.69, 9.17) is 4.43 Å². The summed E-state index contributed by atoms with van der Waals surface area (Å²) in [6.07, 6.45) is 0. The number of hydrogen-bond acceptors (Lipinski definition) is 2. The van der Waals surface area contributed by atoms with Crippen LogP contribution in [0.15, 0.2) is 29.2 Å². The van der Waals surface area contributed by atoms with Crippen molar-refractivity contribution in [2.24, 2.45) is 0 Å². The first-order valence-electron chi connectivity index (χ1n) is 5.37. The van der Waals surface area contributed by atoms with E-state index in [1.165, 1.54) is 10.5 Å². The van der Waals surface area contributed by atoms with Crippen LogP contribution in [0.1, 0.15) is 12.5 Å². The zero-order chi connectivity index (χ0) is 11.3. The smallest absolute Gasteiger partial charge is 0.184 e. The van der Waals surface area contributed by atoms with Gasteiger partial charge in [-0.15, -0.1) is 11.8 Å². The van der Waals surface area contributed by atoms with Gasteiger partial charge >= 0.3 is 0 Å². The second kappa shape index (κ2) is 5.73. The molecule has 3 heteroatoms. The minimum absolute atomic E-state index is 0.757. The van der Waals surface area contributed by atoms with Crippen LogP contribution in [0.2, 0.25) is 19.6 Å². The molecule has 1 aromatic carbocycles. The van der Waals surface area contributed by atoms with Gasteiger partial charge in [-0.2, -0.15) is 0 Å². The van der Waals surface area contributed by atoms with E-state index in [9.17, 15) is 0 Å². The molecule has 0 aliphatic rings. The van der Waals surface area contributed by atoms with Crippen molar-refractivity contribution >= 4 is 20.1 Å². The second-order valence-corrected chi connectivity index (χ2v) is 10.3. The molecule has 0 saturated carbocycles. The van der Waals surface area contributed by atoms with E-state index >= 15 is 0 Å². The molecule has 0 heterocycles. The van der Waals surface area contributed by atoms with E-state index < -0.39 is 8.32 Å². The summed E-state index contributed by atoms with van der Waals surface area (Å²) in [5.41, 5.74) is 1.28. The average molecular weight is 240 g/mol. The van der Waals surface area contributed by atoms with E-state index in [1.807, 2.05) is 11.8 Å². The molecule has 0 fully saturated rings. The van der Waals surface area contributed by atoms with Gasteiger partial charge in [-0.05, 0) is 43.1 Å². The Morgan fingerprint density at radius 3 is 2.20 bits per heavy atom. The molecule has 0 spiro atoms. The van der Waals surface area contributed by atoms with Gasteiger partial charge < -0.3 is 4.43 Å². The molecule has 0 amide bonds. The van der Waals surface area contributed by atoms with Gasteiger partial charge in [0.25, 0.3) is 0 Å². The van der Waals surface area contributed by atoms with Crippen molar-refractivity contribution in [1.29, 1.82) is 0 Å². The Labute approximate surface area is 98.4 Å². The van der Waals surface area contributed by atoms with Crippen LogP contribution in [-0.4, -0.2) is 14.1 Å². The number of hydrogen-bond donors (Lipinski definition) is 0. The first-order valence-corrected chi connectivity index (χ1v) is 9.76. The zero-order valence-corrected chi connectivity index (χ0v) is 11.9. The lowest BCUT2D eigenvalue weighted by molar-refractivity contribution is 0.299. The fourth-order valence-corrected chi connectivity index (χ4v) is 2.41. The molecule has 0 aromatic heterocycles. The molecule has 1 aromatic rings. The summed E-state index contributed by atoms with van der Waals surface area (Å²) in [5, 5.41) is 0. The van der Waals surface area contributed by atoms with Crippen molar-refractivity contribution in [3.05, 3.63) is 29.8 Å². The Bertz CT molecular complexity index is 289. The maximum atomic E-state index is 5.85. The van der Waals surface area contributed by atoms with Gasteiger partial charge in [-0.1, -0.05) is 19.1 Å². The van der Waals surface area contributed by atoms with E-state index in [0.717, 1.165) is 12.4 Å². The highest BCUT2D eigenvalue weighted by Crippen LogP contribution is 2.18. The quantitative estimate of drug-likeness (QED) is 0.565. The number of rotatable bonds is 5. The van der Waals surface area contributed by atoms with Crippen molar-refractivity contribution < 1.29 is 4.43 Å². The molecule has 15 heavy (non-hydrogen) atoms. The second-order valence-electron chi connectivity index (χ2n) is 4.48. The first kappa shape index (κ1) is 12.8. The monoisotopic (exact) mass is 240 g/mol. The molecule has 0 unspecified atom stereocenters. The fourth-order valence-electron chi connectivity index (χ4n) is 1.15. The van der Waals surface area contributed by atoms with Crippen LogP contribution in [0.3, 0.4) is 0 Å². The molecule has 0 N–H and O–H groups in total. The van der Waals surface area contributed by atoms with Crippen LogP contribution < -0.4 is 0 Å². The highest BCUT2D eigenvalue weighted by molar-refractivity contribution is 7.99. The predicted molar refractivity (Wildman–Crippen MR) is 71.0 cm³/mol. The van der Waals surface area contributed by atoms with Crippen molar-refractivity contribution in [2.45, 2.75) is 38.1 Å². The molecule has 0 aliphatic heterocycles. The van der Waals surface area contributed by atoms with Gasteiger partial charge in [0.05, 0.1) is 6.61 Å². The first-order chi connectivity index (χ1) is 7.01. The van der Waals surface area contributed by atoms with Gasteiger partial charge in [0.2, 0.25) is 0 Å². The SMILES string of the molecule is CCSc1ccc(CO[Si](C)(C)C)cc1. The summed E-state index contributed by atoms with van der Waals surface area (Å²) in [5.74, 6) is 1.13. The molecule has 1 nitrogen and oxygen atoms in total. The third kappa shape index (κ3) is 5.40. The molecule has 1 rings (SSSR count). The summed E-state index contributed by atoms with van der Waals surface area (Å²) >= 11 is 1.88. The van der Waals surface area contributed by atoms with Gasteiger partial charge in [-0.3, -0.25) is 0 Å². The Morgan fingerprint density at radius 2 is 1.73 bits per heavy atom. The highest BCUT2D eigenvalue weighted by atomic mass is 32.2. The summed E-state index contributed by atoms with van der Waals surface area (Å²) in [7, 11) is -1.37. The van der Waals surface area contributed by atoms with Crippen LogP contribution in [0.25, 0.3) is 0 Å². The van der Waals surface area contributed by atoms with Crippen molar-refractivity contribution in [3.63, 3.8) is 0 Å². The summed E-state index contributed by atoms with van der Waals surface area (Å²) in [4.78, 5) is 1.34. The van der Waals surface area contributed by atoms with Gasteiger partial charge in [-0.25, -0.2) is 0 Å². The molecule has 0 radical (unpaired) electrons.